The van der Waals surface area contributed by atoms with Gasteiger partial charge in [0, 0.05) is 0 Å². The molecule has 0 radical (unpaired) electrons. The second kappa shape index (κ2) is 3.71. The lowest BCUT2D eigenvalue weighted by atomic mass is 10.5. The maximum Gasteiger partial charge on any atom is 0.185 e. The molecule has 1 heterocycles. The molecule has 1 nitrogen and oxygen atoms in total. The summed E-state index contributed by atoms with van der Waals surface area (Å²) in [7, 11) is -2.48. The standard InChI is InChI=1S/C12H26OSi2/c1-5-14(10-11-14)13-15(6-2,7-3)12(4)8-9-12/h5-11H2,1-4H3. The van der Waals surface area contributed by atoms with Gasteiger partial charge in [-0.25, -0.2) is 0 Å². The van der Waals surface area contributed by atoms with Gasteiger partial charge in [-0.3, -0.25) is 0 Å². The molecule has 0 aromatic heterocycles. The van der Waals surface area contributed by atoms with Crippen LogP contribution in [0.1, 0.15) is 40.5 Å². The van der Waals surface area contributed by atoms with Gasteiger partial charge in [0.25, 0.3) is 0 Å². The van der Waals surface area contributed by atoms with Gasteiger partial charge in [0.2, 0.25) is 0 Å². The molecule has 1 saturated heterocycles. The predicted octanol–water partition coefficient (Wildman–Crippen LogP) is 4.52. The zero-order valence-electron chi connectivity index (χ0n) is 10.9. The van der Waals surface area contributed by atoms with Gasteiger partial charge in [-0.05, 0) is 48.1 Å². The highest BCUT2D eigenvalue weighted by Gasteiger charge is 2.61. The fourth-order valence-corrected chi connectivity index (χ4v) is 15.0. The molecule has 2 rings (SSSR count). The van der Waals surface area contributed by atoms with Crippen LogP contribution in [0.25, 0.3) is 0 Å². The Balaban J connectivity index is 2.12. The first-order chi connectivity index (χ1) is 7.05. The molecular weight excluding hydrogens is 216 g/mol. The van der Waals surface area contributed by atoms with Crippen molar-refractivity contribution in [2.24, 2.45) is 0 Å². The molecule has 0 aromatic rings. The molecule has 1 saturated carbocycles. The molecule has 3 heteroatoms. The van der Waals surface area contributed by atoms with Gasteiger partial charge in [0.05, 0.1) is 0 Å². The Bertz CT molecular complexity index is 240. The molecular formula is C12H26OSi2. The van der Waals surface area contributed by atoms with Crippen LogP contribution < -0.4 is 0 Å². The Morgan fingerprint density at radius 3 is 1.93 bits per heavy atom. The summed E-state index contributed by atoms with van der Waals surface area (Å²) < 4.78 is 6.89. The van der Waals surface area contributed by atoms with Crippen molar-refractivity contribution in [3.8, 4) is 0 Å². The summed E-state index contributed by atoms with van der Waals surface area (Å²) in [5.74, 6) is 0. The summed E-state index contributed by atoms with van der Waals surface area (Å²) in [5, 5.41) is 0.661. The maximum atomic E-state index is 6.89. The average Bonchev–Trinajstić information content (AvgIpc) is 3.14. The van der Waals surface area contributed by atoms with Crippen molar-refractivity contribution in [2.45, 2.75) is 75.8 Å². The third-order valence-corrected chi connectivity index (χ3v) is 16.3. The minimum absolute atomic E-state index is 0.661. The van der Waals surface area contributed by atoms with Crippen molar-refractivity contribution in [1.29, 1.82) is 0 Å². The molecule has 0 aromatic carbocycles. The zero-order valence-corrected chi connectivity index (χ0v) is 12.9. The van der Waals surface area contributed by atoms with E-state index in [-0.39, 0.29) is 0 Å². The minimum Gasteiger partial charge on any atom is -0.454 e. The van der Waals surface area contributed by atoms with Crippen molar-refractivity contribution in [1.82, 2.24) is 0 Å². The molecule has 1 aliphatic carbocycles. The summed E-state index contributed by atoms with van der Waals surface area (Å²) in [6.07, 6.45) is 2.91. The number of rotatable bonds is 6. The number of hydrogen-bond donors (Lipinski definition) is 0. The van der Waals surface area contributed by atoms with Crippen molar-refractivity contribution >= 4 is 16.6 Å². The fraction of sp³-hybridized carbons (Fsp3) is 1.00. The summed E-state index contributed by atoms with van der Waals surface area (Å²) >= 11 is 0. The fourth-order valence-electron chi connectivity index (χ4n) is 3.10. The van der Waals surface area contributed by atoms with E-state index in [0.717, 1.165) is 0 Å². The van der Waals surface area contributed by atoms with Crippen LogP contribution in [0.5, 0.6) is 0 Å². The van der Waals surface area contributed by atoms with Gasteiger partial charge in [-0.15, -0.1) is 0 Å². The Labute approximate surface area is 96.9 Å². The molecule has 1 aliphatic heterocycles. The Morgan fingerprint density at radius 1 is 1.13 bits per heavy atom. The summed E-state index contributed by atoms with van der Waals surface area (Å²) in [6, 6.07) is 7.02. The van der Waals surface area contributed by atoms with Crippen molar-refractivity contribution in [3.63, 3.8) is 0 Å². The molecule has 0 unspecified atom stereocenters. The molecule has 0 N–H and O–H groups in total. The monoisotopic (exact) mass is 242 g/mol. The highest BCUT2D eigenvalue weighted by Crippen LogP contribution is 2.64. The molecule has 2 fully saturated rings. The second-order valence-corrected chi connectivity index (χ2v) is 15.4. The van der Waals surface area contributed by atoms with Crippen LogP contribution in [0, 0.1) is 0 Å². The highest BCUT2D eigenvalue weighted by molar-refractivity contribution is 6.93. The van der Waals surface area contributed by atoms with Gasteiger partial charge < -0.3 is 4.12 Å². The van der Waals surface area contributed by atoms with Gasteiger partial charge in [-0.2, -0.15) is 0 Å². The summed E-state index contributed by atoms with van der Waals surface area (Å²) in [5.41, 5.74) is 0. The van der Waals surface area contributed by atoms with Crippen LogP contribution in [0.4, 0.5) is 0 Å². The third-order valence-electron chi connectivity index (χ3n) is 5.11. The van der Waals surface area contributed by atoms with E-state index in [9.17, 15) is 0 Å². The van der Waals surface area contributed by atoms with Crippen LogP contribution in [0.2, 0.25) is 35.3 Å². The zero-order chi connectivity index (χ0) is 11.2. The lowest BCUT2D eigenvalue weighted by Gasteiger charge is -2.39. The molecule has 2 aliphatic rings. The van der Waals surface area contributed by atoms with E-state index < -0.39 is 16.6 Å². The van der Waals surface area contributed by atoms with E-state index in [2.05, 4.69) is 27.7 Å². The normalized spacial score (nSPS) is 26.4. The minimum atomic E-state index is -1.37. The summed E-state index contributed by atoms with van der Waals surface area (Å²) in [6.45, 7) is 9.64. The van der Waals surface area contributed by atoms with E-state index in [4.69, 9.17) is 4.12 Å². The first-order valence-corrected chi connectivity index (χ1v) is 11.6. The maximum absolute atomic E-state index is 6.89. The molecule has 15 heavy (non-hydrogen) atoms. The van der Waals surface area contributed by atoms with Crippen LogP contribution in [0.3, 0.4) is 0 Å². The second-order valence-electron chi connectivity index (χ2n) is 5.90. The van der Waals surface area contributed by atoms with Gasteiger partial charge >= 0.3 is 0 Å². The SMILES string of the molecule is CC[Si]1(O[Si](CC)(CC)C2(C)CC2)CC1. The molecule has 0 spiro atoms. The van der Waals surface area contributed by atoms with E-state index in [1.165, 1.54) is 43.1 Å². The van der Waals surface area contributed by atoms with Crippen LogP contribution >= 0.6 is 0 Å². The van der Waals surface area contributed by atoms with Crippen molar-refractivity contribution < 1.29 is 4.12 Å². The predicted molar refractivity (Wildman–Crippen MR) is 71.3 cm³/mol. The molecule has 0 amide bonds. The Morgan fingerprint density at radius 2 is 1.67 bits per heavy atom. The quantitative estimate of drug-likeness (QED) is 0.622. The lowest BCUT2D eigenvalue weighted by Crippen LogP contribution is -2.47. The van der Waals surface area contributed by atoms with Crippen molar-refractivity contribution in [2.75, 3.05) is 0 Å². The van der Waals surface area contributed by atoms with E-state index in [1.54, 1.807) is 0 Å². The van der Waals surface area contributed by atoms with Crippen LogP contribution in [-0.4, -0.2) is 16.6 Å². The number of hydrogen-bond acceptors (Lipinski definition) is 1. The van der Waals surface area contributed by atoms with Crippen LogP contribution in [0.15, 0.2) is 0 Å². The molecule has 0 bridgehead atoms. The first-order valence-electron chi connectivity index (χ1n) is 6.75. The smallest absolute Gasteiger partial charge is 0.185 e. The van der Waals surface area contributed by atoms with Gasteiger partial charge in [0.1, 0.15) is 0 Å². The average molecular weight is 243 g/mol. The Kier molecular flexibility index (Phi) is 2.93. The summed E-state index contributed by atoms with van der Waals surface area (Å²) in [4.78, 5) is 0. The van der Waals surface area contributed by atoms with Crippen molar-refractivity contribution in [3.05, 3.63) is 0 Å². The van der Waals surface area contributed by atoms with Gasteiger partial charge in [0.15, 0.2) is 16.6 Å². The molecule has 88 valence electrons. The van der Waals surface area contributed by atoms with Gasteiger partial charge in [-0.1, -0.05) is 27.7 Å². The van der Waals surface area contributed by atoms with E-state index in [1.807, 2.05) is 0 Å². The third kappa shape index (κ3) is 1.87. The van der Waals surface area contributed by atoms with Crippen LogP contribution in [-0.2, 0) is 4.12 Å². The lowest BCUT2D eigenvalue weighted by molar-refractivity contribution is 0.511. The largest absolute Gasteiger partial charge is 0.454 e. The highest BCUT2D eigenvalue weighted by atomic mass is 28.4. The van der Waals surface area contributed by atoms with E-state index in [0.29, 0.717) is 5.04 Å². The van der Waals surface area contributed by atoms with E-state index >= 15 is 0 Å². The topological polar surface area (TPSA) is 9.23 Å². The first kappa shape index (κ1) is 11.9. The Hall–Kier alpha value is 0.394. The molecule has 0 atom stereocenters.